The van der Waals surface area contributed by atoms with Crippen LogP contribution in [0.1, 0.15) is 6.42 Å². The van der Waals surface area contributed by atoms with E-state index in [1.165, 1.54) is 0 Å². The van der Waals surface area contributed by atoms with Crippen LogP contribution in [-0.2, 0) is 6.54 Å². The summed E-state index contributed by atoms with van der Waals surface area (Å²) in [6.45, 7) is 1.87. The predicted molar refractivity (Wildman–Crippen MR) is 64.0 cm³/mol. The minimum Gasteiger partial charge on any atom is -0.384 e. The number of nitrogens with zero attached hydrogens (tertiary/aromatic N) is 3. The van der Waals surface area contributed by atoms with Crippen LogP contribution in [0.25, 0.3) is 0 Å². The van der Waals surface area contributed by atoms with Gasteiger partial charge in [-0.3, -0.25) is 0 Å². The molecule has 16 heavy (non-hydrogen) atoms. The highest BCUT2D eigenvalue weighted by Crippen LogP contribution is 2.06. The van der Waals surface area contributed by atoms with Crippen molar-refractivity contribution in [3.63, 3.8) is 0 Å². The zero-order chi connectivity index (χ0) is 11.2. The van der Waals surface area contributed by atoms with Crippen molar-refractivity contribution in [2.45, 2.75) is 13.0 Å². The fourth-order valence-corrected chi connectivity index (χ4v) is 1.42. The van der Waals surface area contributed by atoms with E-state index in [9.17, 15) is 0 Å². The van der Waals surface area contributed by atoms with Gasteiger partial charge in [0, 0.05) is 25.5 Å². The number of anilines is 2. The van der Waals surface area contributed by atoms with E-state index in [1.807, 2.05) is 18.6 Å². The summed E-state index contributed by atoms with van der Waals surface area (Å²) in [5.41, 5.74) is 6.50. The van der Waals surface area contributed by atoms with Gasteiger partial charge in [-0.15, -0.1) is 0 Å². The standard InChI is InChI=1S/C11H15N5/c12-11-3-2-10(8-15-11)14-4-1-6-16-7-5-13-9-16/h2-3,5,7-9,14H,1,4,6H2,(H2,12,15). The molecule has 0 unspecified atom stereocenters. The SMILES string of the molecule is Nc1ccc(NCCCn2ccnc2)cn1. The maximum Gasteiger partial charge on any atom is 0.123 e. The number of nitrogens with one attached hydrogen (secondary N) is 1. The van der Waals surface area contributed by atoms with Gasteiger partial charge in [-0.2, -0.15) is 0 Å². The molecule has 0 aliphatic rings. The Morgan fingerprint density at radius 1 is 1.38 bits per heavy atom. The molecule has 0 saturated heterocycles. The Morgan fingerprint density at radius 3 is 3.00 bits per heavy atom. The summed E-state index contributed by atoms with van der Waals surface area (Å²) < 4.78 is 2.06. The van der Waals surface area contributed by atoms with Crippen molar-refractivity contribution < 1.29 is 0 Å². The van der Waals surface area contributed by atoms with Gasteiger partial charge in [-0.25, -0.2) is 9.97 Å². The minimum absolute atomic E-state index is 0.545. The Kier molecular flexibility index (Phi) is 3.38. The van der Waals surface area contributed by atoms with Crippen molar-refractivity contribution in [1.29, 1.82) is 0 Å². The van der Waals surface area contributed by atoms with Crippen LogP contribution < -0.4 is 11.1 Å². The first-order valence-corrected chi connectivity index (χ1v) is 5.26. The third-order valence-corrected chi connectivity index (χ3v) is 2.27. The maximum absolute atomic E-state index is 5.50. The molecule has 0 radical (unpaired) electrons. The first-order valence-electron chi connectivity index (χ1n) is 5.26. The van der Waals surface area contributed by atoms with Crippen LogP contribution in [0.4, 0.5) is 11.5 Å². The van der Waals surface area contributed by atoms with Crippen molar-refractivity contribution in [1.82, 2.24) is 14.5 Å². The van der Waals surface area contributed by atoms with Gasteiger partial charge in [0.15, 0.2) is 0 Å². The molecular formula is C11H15N5. The monoisotopic (exact) mass is 217 g/mol. The van der Waals surface area contributed by atoms with Crippen molar-refractivity contribution in [2.75, 3.05) is 17.6 Å². The molecule has 0 atom stereocenters. The minimum atomic E-state index is 0.545. The van der Waals surface area contributed by atoms with Crippen molar-refractivity contribution >= 4 is 11.5 Å². The molecule has 2 rings (SSSR count). The Balaban J connectivity index is 1.70. The number of nitrogens with two attached hydrogens (primary N) is 1. The Morgan fingerprint density at radius 2 is 2.31 bits per heavy atom. The lowest BCUT2D eigenvalue weighted by Gasteiger charge is -2.06. The molecule has 5 nitrogen and oxygen atoms in total. The summed E-state index contributed by atoms with van der Waals surface area (Å²) >= 11 is 0. The van der Waals surface area contributed by atoms with Gasteiger partial charge >= 0.3 is 0 Å². The number of pyridine rings is 1. The van der Waals surface area contributed by atoms with Crippen LogP contribution in [0, 0.1) is 0 Å². The molecule has 2 heterocycles. The number of aromatic nitrogens is 3. The van der Waals surface area contributed by atoms with Gasteiger partial charge in [-0.1, -0.05) is 0 Å². The highest BCUT2D eigenvalue weighted by Gasteiger charge is 1.93. The van der Waals surface area contributed by atoms with E-state index in [1.54, 1.807) is 18.5 Å². The second-order valence-corrected chi connectivity index (χ2v) is 3.55. The largest absolute Gasteiger partial charge is 0.384 e. The fourth-order valence-electron chi connectivity index (χ4n) is 1.42. The third-order valence-electron chi connectivity index (χ3n) is 2.27. The second kappa shape index (κ2) is 5.16. The zero-order valence-electron chi connectivity index (χ0n) is 9.00. The average Bonchev–Trinajstić information content (AvgIpc) is 2.80. The first kappa shape index (κ1) is 10.5. The molecular weight excluding hydrogens is 202 g/mol. The highest BCUT2D eigenvalue weighted by molar-refractivity contribution is 5.45. The first-order chi connectivity index (χ1) is 7.84. The van der Waals surface area contributed by atoms with Gasteiger partial charge in [0.05, 0.1) is 18.2 Å². The fraction of sp³-hybridized carbons (Fsp3) is 0.273. The predicted octanol–water partition coefficient (Wildman–Crippen LogP) is 1.36. The number of rotatable bonds is 5. The van der Waals surface area contributed by atoms with Gasteiger partial charge < -0.3 is 15.6 Å². The molecule has 2 aromatic heterocycles. The molecule has 0 bridgehead atoms. The van der Waals surface area contributed by atoms with Gasteiger partial charge in [0.2, 0.25) is 0 Å². The van der Waals surface area contributed by atoms with Crippen LogP contribution in [-0.4, -0.2) is 21.1 Å². The zero-order valence-corrected chi connectivity index (χ0v) is 9.00. The topological polar surface area (TPSA) is 68.8 Å². The molecule has 0 fully saturated rings. The van der Waals surface area contributed by atoms with Crippen LogP contribution in [0.3, 0.4) is 0 Å². The molecule has 0 spiro atoms. The normalized spacial score (nSPS) is 10.2. The smallest absolute Gasteiger partial charge is 0.123 e. The number of hydrogen-bond acceptors (Lipinski definition) is 4. The van der Waals surface area contributed by atoms with E-state index in [4.69, 9.17) is 5.73 Å². The summed E-state index contributed by atoms with van der Waals surface area (Å²) in [6, 6.07) is 3.72. The van der Waals surface area contributed by atoms with Gasteiger partial charge in [-0.05, 0) is 18.6 Å². The lowest BCUT2D eigenvalue weighted by Crippen LogP contribution is -2.06. The van der Waals surface area contributed by atoms with Crippen molar-refractivity contribution in [3.8, 4) is 0 Å². The van der Waals surface area contributed by atoms with Gasteiger partial charge in [0.25, 0.3) is 0 Å². The highest BCUT2D eigenvalue weighted by atomic mass is 15.0. The number of imidazole rings is 1. The summed E-state index contributed by atoms with van der Waals surface area (Å²) in [7, 11) is 0. The summed E-state index contributed by atoms with van der Waals surface area (Å²) in [6.07, 6.45) is 8.36. The van der Waals surface area contributed by atoms with Crippen LogP contribution in [0.2, 0.25) is 0 Å². The van der Waals surface area contributed by atoms with E-state index in [0.717, 1.165) is 25.2 Å². The molecule has 3 N–H and O–H groups in total. The van der Waals surface area contributed by atoms with Crippen molar-refractivity contribution in [3.05, 3.63) is 37.1 Å². The maximum atomic E-state index is 5.50. The third kappa shape index (κ3) is 2.98. The molecule has 0 amide bonds. The molecule has 0 aliphatic carbocycles. The molecule has 84 valence electrons. The Labute approximate surface area is 94.3 Å². The Bertz CT molecular complexity index is 406. The molecule has 5 heteroatoms. The number of nitrogen functional groups attached to an aromatic ring is 1. The van der Waals surface area contributed by atoms with Gasteiger partial charge in [0.1, 0.15) is 5.82 Å². The van der Waals surface area contributed by atoms with E-state index < -0.39 is 0 Å². The van der Waals surface area contributed by atoms with E-state index in [2.05, 4.69) is 19.9 Å². The van der Waals surface area contributed by atoms with E-state index in [-0.39, 0.29) is 0 Å². The van der Waals surface area contributed by atoms with E-state index >= 15 is 0 Å². The second-order valence-electron chi connectivity index (χ2n) is 3.55. The molecule has 0 saturated carbocycles. The van der Waals surface area contributed by atoms with E-state index in [0.29, 0.717) is 5.82 Å². The van der Waals surface area contributed by atoms with Crippen LogP contribution >= 0.6 is 0 Å². The lowest BCUT2D eigenvalue weighted by atomic mass is 10.3. The molecule has 0 aromatic carbocycles. The Hall–Kier alpha value is -2.04. The molecule has 2 aromatic rings. The number of aryl methyl sites for hydroxylation is 1. The van der Waals surface area contributed by atoms with Crippen LogP contribution in [0.5, 0.6) is 0 Å². The quantitative estimate of drug-likeness (QED) is 0.742. The van der Waals surface area contributed by atoms with Crippen LogP contribution in [0.15, 0.2) is 37.1 Å². The summed E-state index contributed by atoms with van der Waals surface area (Å²) in [5, 5.41) is 3.28. The lowest BCUT2D eigenvalue weighted by molar-refractivity contribution is 0.660. The average molecular weight is 217 g/mol. The number of hydrogen-bond donors (Lipinski definition) is 2. The summed E-state index contributed by atoms with van der Waals surface area (Å²) in [5.74, 6) is 0.545. The summed E-state index contributed by atoms with van der Waals surface area (Å²) in [4.78, 5) is 8.00. The van der Waals surface area contributed by atoms with Crippen molar-refractivity contribution in [2.24, 2.45) is 0 Å². The molecule has 0 aliphatic heterocycles.